The first-order valence-corrected chi connectivity index (χ1v) is 7.22. The number of carboxylic acid groups (broad SMARTS) is 1. The Morgan fingerprint density at radius 2 is 2.11 bits per heavy atom. The third-order valence-corrected chi connectivity index (χ3v) is 3.94. The Morgan fingerprint density at radius 1 is 1.32 bits per heavy atom. The average molecular weight is 275 g/mol. The minimum absolute atomic E-state index is 0.172. The summed E-state index contributed by atoms with van der Waals surface area (Å²) >= 11 is 1.69. The molecule has 0 spiro atoms. The third kappa shape index (κ3) is 3.35. The molecule has 1 unspecified atom stereocenters. The maximum absolute atomic E-state index is 11.2. The van der Waals surface area contributed by atoms with E-state index in [-0.39, 0.29) is 6.04 Å². The third-order valence-electron chi connectivity index (χ3n) is 2.95. The van der Waals surface area contributed by atoms with Crippen LogP contribution < -0.4 is 5.32 Å². The van der Waals surface area contributed by atoms with Crippen molar-refractivity contribution >= 4 is 23.0 Å². The topological polar surface area (TPSA) is 49.3 Å². The summed E-state index contributed by atoms with van der Waals surface area (Å²) in [6.45, 7) is 2.13. The quantitative estimate of drug-likeness (QED) is 0.821. The molecular weight excluding hydrogens is 258 g/mol. The van der Waals surface area contributed by atoms with Crippen LogP contribution in [0.3, 0.4) is 0 Å². The van der Waals surface area contributed by atoms with Gasteiger partial charge in [0.05, 0.1) is 11.6 Å². The second-order valence-corrected chi connectivity index (χ2v) is 5.33. The molecule has 2 N–H and O–H groups in total. The molecule has 0 saturated heterocycles. The molecule has 3 nitrogen and oxygen atoms in total. The van der Waals surface area contributed by atoms with E-state index < -0.39 is 5.97 Å². The summed E-state index contributed by atoms with van der Waals surface area (Å²) in [5.41, 5.74) is 1.00. The highest BCUT2D eigenvalue weighted by molar-refractivity contribution is 7.10. The molecule has 2 rings (SSSR count). The van der Waals surface area contributed by atoms with Crippen molar-refractivity contribution in [2.75, 3.05) is 5.32 Å². The molecule has 0 aliphatic heterocycles. The van der Waals surface area contributed by atoms with Gasteiger partial charge < -0.3 is 10.4 Å². The second-order valence-electron chi connectivity index (χ2n) is 4.35. The number of carbonyl (C=O) groups is 1. The number of carboxylic acids is 1. The van der Waals surface area contributed by atoms with Crippen LogP contribution in [0, 0.1) is 0 Å². The Balaban J connectivity index is 2.25. The highest BCUT2D eigenvalue weighted by Crippen LogP contribution is 2.28. The molecule has 0 fully saturated rings. The fourth-order valence-electron chi connectivity index (χ4n) is 2.05. The Morgan fingerprint density at radius 3 is 2.74 bits per heavy atom. The fraction of sp³-hybridized carbons (Fsp3) is 0.267. The van der Waals surface area contributed by atoms with Gasteiger partial charge in [0.1, 0.15) is 0 Å². The van der Waals surface area contributed by atoms with Crippen LogP contribution in [0.4, 0.5) is 5.69 Å². The van der Waals surface area contributed by atoms with Gasteiger partial charge in [0.2, 0.25) is 0 Å². The van der Waals surface area contributed by atoms with Crippen LogP contribution in [-0.4, -0.2) is 11.1 Å². The van der Waals surface area contributed by atoms with Gasteiger partial charge in [0.25, 0.3) is 0 Å². The van der Waals surface area contributed by atoms with Crippen molar-refractivity contribution in [3.8, 4) is 0 Å². The predicted octanol–water partition coefficient (Wildman–Crippen LogP) is 4.40. The van der Waals surface area contributed by atoms with Gasteiger partial charge in [-0.1, -0.05) is 31.5 Å². The zero-order chi connectivity index (χ0) is 13.7. The van der Waals surface area contributed by atoms with E-state index in [2.05, 4.69) is 18.3 Å². The summed E-state index contributed by atoms with van der Waals surface area (Å²) in [7, 11) is 0. The van der Waals surface area contributed by atoms with E-state index >= 15 is 0 Å². The van der Waals surface area contributed by atoms with Gasteiger partial charge in [-0.2, -0.15) is 0 Å². The Kier molecular flexibility index (Phi) is 4.58. The van der Waals surface area contributed by atoms with E-state index in [4.69, 9.17) is 0 Å². The zero-order valence-corrected chi connectivity index (χ0v) is 11.6. The smallest absolute Gasteiger partial charge is 0.337 e. The number of aromatic carboxylic acids is 1. The molecule has 1 heterocycles. The number of anilines is 1. The van der Waals surface area contributed by atoms with E-state index in [9.17, 15) is 9.90 Å². The van der Waals surface area contributed by atoms with Gasteiger partial charge in [-0.05, 0) is 30.0 Å². The van der Waals surface area contributed by atoms with Crippen molar-refractivity contribution in [2.45, 2.75) is 25.8 Å². The van der Waals surface area contributed by atoms with E-state index in [0.717, 1.165) is 12.8 Å². The summed E-state index contributed by atoms with van der Waals surface area (Å²) in [6, 6.07) is 11.3. The number of benzene rings is 1. The second kappa shape index (κ2) is 6.38. The molecule has 2 aromatic rings. The predicted molar refractivity (Wildman–Crippen MR) is 79.0 cm³/mol. The summed E-state index contributed by atoms with van der Waals surface area (Å²) in [5.74, 6) is -0.899. The maximum Gasteiger partial charge on any atom is 0.337 e. The number of para-hydroxylation sites is 1. The molecule has 4 heteroatoms. The Labute approximate surface area is 116 Å². The molecule has 0 amide bonds. The van der Waals surface area contributed by atoms with Gasteiger partial charge in [-0.15, -0.1) is 11.3 Å². The number of nitrogens with one attached hydrogen (secondary N) is 1. The van der Waals surface area contributed by atoms with Crippen molar-refractivity contribution in [1.82, 2.24) is 0 Å². The lowest BCUT2D eigenvalue weighted by molar-refractivity contribution is 0.0698. The minimum Gasteiger partial charge on any atom is -0.478 e. The number of hydrogen-bond acceptors (Lipinski definition) is 3. The van der Waals surface area contributed by atoms with Crippen LogP contribution in [0.5, 0.6) is 0 Å². The first-order valence-electron chi connectivity index (χ1n) is 6.34. The molecule has 0 aliphatic rings. The van der Waals surface area contributed by atoms with Gasteiger partial charge in [0, 0.05) is 10.6 Å². The molecule has 100 valence electrons. The fourth-order valence-corrected chi connectivity index (χ4v) is 2.86. The monoisotopic (exact) mass is 275 g/mol. The van der Waals surface area contributed by atoms with Crippen molar-refractivity contribution in [2.24, 2.45) is 0 Å². The standard InChI is InChI=1S/C15H17NO2S/c1-2-6-13(14-9-5-10-19-14)16-12-8-4-3-7-11(12)15(17)18/h3-5,7-10,13,16H,2,6H2,1H3,(H,17,18). The number of hydrogen-bond donors (Lipinski definition) is 2. The molecule has 0 bridgehead atoms. The summed E-state index contributed by atoms with van der Waals surface area (Å²) in [5, 5.41) is 14.6. The van der Waals surface area contributed by atoms with E-state index in [1.54, 1.807) is 23.5 Å². The molecule has 1 aromatic carbocycles. The normalized spacial score (nSPS) is 12.1. The lowest BCUT2D eigenvalue weighted by Gasteiger charge is -2.19. The van der Waals surface area contributed by atoms with Crippen LogP contribution in [-0.2, 0) is 0 Å². The van der Waals surface area contributed by atoms with Gasteiger partial charge in [-0.25, -0.2) is 4.79 Å². The van der Waals surface area contributed by atoms with Crippen LogP contribution >= 0.6 is 11.3 Å². The maximum atomic E-state index is 11.2. The lowest BCUT2D eigenvalue weighted by Crippen LogP contribution is -2.12. The van der Waals surface area contributed by atoms with Crippen molar-refractivity contribution in [3.05, 3.63) is 52.2 Å². The highest BCUT2D eigenvalue weighted by atomic mass is 32.1. The van der Waals surface area contributed by atoms with Gasteiger partial charge in [0.15, 0.2) is 0 Å². The molecule has 0 radical (unpaired) electrons. The Bertz CT molecular complexity index is 537. The van der Waals surface area contributed by atoms with Crippen LogP contribution in [0.1, 0.15) is 41.0 Å². The minimum atomic E-state index is -0.899. The van der Waals surface area contributed by atoms with Gasteiger partial charge in [-0.3, -0.25) is 0 Å². The van der Waals surface area contributed by atoms with Crippen LogP contribution in [0.15, 0.2) is 41.8 Å². The Hall–Kier alpha value is -1.81. The van der Waals surface area contributed by atoms with Crippen molar-refractivity contribution in [3.63, 3.8) is 0 Å². The lowest BCUT2D eigenvalue weighted by atomic mass is 10.1. The van der Waals surface area contributed by atoms with E-state index in [1.165, 1.54) is 4.88 Å². The van der Waals surface area contributed by atoms with Crippen LogP contribution in [0.25, 0.3) is 0 Å². The van der Waals surface area contributed by atoms with Gasteiger partial charge >= 0.3 is 5.97 Å². The first kappa shape index (κ1) is 13.6. The van der Waals surface area contributed by atoms with Crippen LogP contribution in [0.2, 0.25) is 0 Å². The van der Waals surface area contributed by atoms with E-state index in [0.29, 0.717) is 11.3 Å². The SMILES string of the molecule is CCCC(Nc1ccccc1C(=O)O)c1cccs1. The largest absolute Gasteiger partial charge is 0.478 e. The summed E-state index contributed by atoms with van der Waals surface area (Å²) in [4.78, 5) is 12.4. The summed E-state index contributed by atoms with van der Waals surface area (Å²) < 4.78 is 0. The zero-order valence-electron chi connectivity index (χ0n) is 10.8. The van der Waals surface area contributed by atoms with E-state index in [1.807, 2.05) is 23.6 Å². The van der Waals surface area contributed by atoms with Crippen molar-refractivity contribution < 1.29 is 9.90 Å². The molecular formula is C15H17NO2S. The molecule has 1 aromatic heterocycles. The number of thiophene rings is 1. The number of rotatable bonds is 6. The molecule has 0 saturated carbocycles. The molecule has 0 aliphatic carbocycles. The molecule has 19 heavy (non-hydrogen) atoms. The molecule has 1 atom stereocenters. The summed E-state index contributed by atoms with van der Waals surface area (Å²) in [6.07, 6.45) is 2.03. The highest BCUT2D eigenvalue weighted by Gasteiger charge is 2.15. The average Bonchev–Trinajstić information content (AvgIpc) is 2.92. The van der Waals surface area contributed by atoms with Crippen molar-refractivity contribution in [1.29, 1.82) is 0 Å². The first-order chi connectivity index (χ1) is 9.22.